The van der Waals surface area contributed by atoms with E-state index in [0.29, 0.717) is 5.76 Å². The molecule has 6 heavy (non-hydrogen) atoms. The molecule has 0 aliphatic heterocycles. The lowest BCUT2D eigenvalue weighted by Crippen LogP contribution is -1.70. The van der Waals surface area contributed by atoms with Gasteiger partial charge in [-0.25, -0.2) is 0 Å². The van der Waals surface area contributed by atoms with Crippen molar-refractivity contribution in [2.75, 3.05) is 0 Å². The Morgan fingerprint density at radius 3 is 2.50 bits per heavy atom. The summed E-state index contributed by atoms with van der Waals surface area (Å²) in [5, 5.41) is 0. The van der Waals surface area contributed by atoms with Crippen molar-refractivity contribution in [3.05, 3.63) is 12.3 Å². The first kappa shape index (κ1) is 5.89. The second-order valence-electron chi connectivity index (χ2n) is 0.984. The maximum absolute atomic E-state index is 4.40. The van der Waals surface area contributed by atoms with Crippen LogP contribution in [0.5, 0.6) is 0 Å². The van der Waals surface area contributed by atoms with E-state index in [1.54, 1.807) is 0 Å². The molecule has 1 nitrogen and oxygen atoms in total. The van der Waals surface area contributed by atoms with Gasteiger partial charge in [0.15, 0.2) is 0 Å². The molecule has 0 unspecified atom stereocenters. The normalized spacial score (nSPS) is 7.67. The zero-order chi connectivity index (χ0) is 4.99. The standard InChI is InChI=1S/C4H8OS/c1-3-4(2)5-6/h6H,2-3H2,1H3. The molecule has 2 heteroatoms. The number of allylic oxidation sites excluding steroid dienone is 1. The molecule has 0 aromatic rings. The van der Waals surface area contributed by atoms with Gasteiger partial charge in [-0.2, -0.15) is 0 Å². The second kappa shape index (κ2) is 3.09. The minimum absolute atomic E-state index is 0.707. The average molecular weight is 104 g/mol. The minimum atomic E-state index is 0.707. The highest BCUT2D eigenvalue weighted by molar-refractivity contribution is 7.75. The van der Waals surface area contributed by atoms with E-state index in [1.807, 2.05) is 6.92 Å². The molecule has 0 N–H and O–H groups in total. The molecule has 0 amide bonds. The average Bonchev–Trinajstić information content (AvgIpc) is 1.65. The highest BCUT2D eigenvalue weighted by atomic mass is 32.1. The number of thiol groups is 1. The molecule has 0 atom stereocenters. The van der Waals surface area contributed by atoms with Gasteiger partial charge in [0.2, 0.25) is 0 Å². The molecule has 0 spiro atoms. The van der Waals surface area contributed by atoms with Crippen LogP contribution in [0.15, 0.2) is 12.3 Å². The fourth-order valence-corrected chi connectivity index (χ4v) is 0.194. The maximum Gasteiger partial charge on any atom is 0.106 e. The second-order valence-corrected chi connectivity index (χ2v) is 1.17. The van der Waals surface area contributed by atoms with Crippen molar-refractivity contribution in [3.63, 3.8) is 0 Å². The summed E-state index contributed by atoms with van der Waals surface area (Å²) in [6.45, 7) is 5.45. The molecule has 0 aromatic carbocycles. The molecule has 36 valence electrons. The van der Waals surface area contributed by atoms with Crippen molar-refractivity contribution >= 4 is 12.9 Å². The third-order valence-electron chi connectivity index (χ3n) is 0.523. The van der Waals surface area contributed by atoms with E-state index in [1.165, 1.54) is 0 Å². The van der Waals surface area contributed by atoms with Crippen molar-refractivity contribution in [2.24, 2.45) is 0 Å². The van der Waals surface area contributed by atoms with Gasteiger partial charge in [-0.05, 0) is 0 Å². The summed E-state index contributed by atoms with van der Waals surface area (Å²) in [5.41, 5.74) is 0. The summed E-state index contributed by atoms with van der Waals surface area (Å²) < 4.78 is 4.40. The Bertz CT molecular complexity index is 45.5. The molecule has 0 fully saturated rings. The van der Waals surface area contributed by atoms with Gasteiger partial charge in [-0.1, -0.05) is 13.5 Å². The number of hydrogen-bond donors (Lipinski definition) is 1. The Labute approximate surface area is 43.6 Å². The molecule has 0 aliphatic rings. The van der Waals surface area contributed by atoms with Gasteiger partial charge in [-0.15, -0.1) is 0 Å². The monoisotopic (exact) mass is 104 g/mol. The van der Waals surface area contributed by atoms with E-state index >= 15 is 0 Å². The SMILES string of the molecule is C=C(CC)OS. The smallest absolute Gasteiger partial charge is 0.106 e. The first-order valence-electron chi connectivity index (χ1n) is 1.80. The number of hydrogen-bond acceptors (Lipinski definition) is 2. The van der Waals surface area contributed by atoms with Crippen LogP contribution >= 0.6 is 12.9 Å². The van der Waals surface area contributed by atoms with E-state index in [0.717, 1.165) is 6.42 Å². The Hall–Kier alpha value is -0.110. The topological polar surface area (TPSA) is 9.23 Å². The summed E-state index contributed by atoms with van der Waals surface area (Å²) in [5.74, 6) is 0.707. The van der Waals surface area contributed by atoms with E-state index < -0.39 is 0 Å². The van der Waals surface area contributed by atoms with Gasteiger partial charge in [0.05, 0.1) is 0 Å². The lowest BCUT2D eigenvalue weighted by atomic mass is 10.4. The van der Waals surface area contributed by atoms with Crippen molar-refractivity contribution in [1.29, 1.82) is 0 Å². The van der Waals surface area contributed by atoms with Crippen LogP contribution in [0.3, 0.4) is 0 Å². The quantitative estimate of drug-likeness (QED) is 0.319. The van der Waals surface area contributed by atoms with Gasteiger partial charge in [0.25, 0.3) is 0 Å². The summed E-state index contributed by atoms with van der Waals surface area (Å²) in [6.07, 6.45) is 0.837. The Kier molecular flexibility index (Phi) is 3.04. The summed E-state index contributed by atoms with van der Waals surface area (Å²) in [4.78, 5) is 0. The predicted molar refractivity (Wildman–Crippen MR) is 29.5 cm³/mol. The summed E-state index contributed by atoms with van der Waals surface area (Å²) >= 11 is 3.50. The summed E-state index contributed by atoms with van der Waals surface area (Å²) in [7, 11) is 0. The minimum Gasteiger partial charge on any atom is -0.434 e. The van der Waals surface area contributed by atoms with Crippen LogP contribution in [0.2, 0.25) is 0 Å². The highest BCUT2D eigenvalue weighted by Gasteiger charge is 1.79. The maximum atomic E-state index is 4.40. The van der Waals surface area contributed by atoms with Crippen LogP contribution in [-0.4, -0.2) is 0 Å². The van der Waals surface area contributed by atoms with Gasteiger partial charge >= 0.3 is 0 Å². The molecule has 0 rings (SSSR count). The molecule has 0 aliphatic carbocycles. The zero-order valence-electron chi connectivity index (χ0n) is 3.77. The predicted octanol–water partition coefficient (Wildman–Crippen LogP) is 1.77. The van der Waals surface area contributed by atoms with Crippen LogP contribution in [0, 0.1) is 0 Å². The van der Waals surface area contributed by atoms with Gasteiger partial charge in [-0.3, -0.25) is 0 Å². The largest absolute Gasteiger partial charge is 0.434 e. The molecule has 0 saturated carbocycles. The van der Waals surface area contributed by atoms with Crippen molar-refractivity contribution in [1.82, 2.24) is 0 Å². The van der Waals surface area contributed by atoms with Crippen LogP contribution in [0.4, 0.5) is 0 Å². The van der Waals surface area contributed by atoms with Crippen molar-refractivity contribution < 1.29 is 4.18 Å². The van der Waals surface area contributed by atoms with E-state index in [2.05, 4.69) is 23.7 Å². The molecule has 0 saturated heterocycles. The molecule has 0 radical (unpaired) electrons. The Morgan fingerprint density at radius 2 is 2.50 bits per heavy atom. The van der Waals surface area contributed by atoms with Crippen LogP contribution in [0.25, 0.3) is 0 Å². The van der Waals surface area contributed by atoms with Gasteiger partial charge in [0.1, 0.15) is 5.76 Å². The zero-order valence-corrected chi connectivity index (χ0v) is 4.66. The first-order chi connectivity index (χ1) is 2.81. The van der Waals surface area contributed by atoms with Gasteiger partial charge < -0.3 is 4.18 Å². The van der Waals surface area contributed by atoms with Crippen LogP contribution in [0.1, 0.15) is 13.3 Å². The third kappa shape index (κ3) is 2.15. The molecular formula is C4H8OS. The van der Waals surface area contributed by atoms with E-state index in [-0.39, 0.29) is 0 Å². The lowest BCUT2D eigenvalue weighted by Gasteiger charge is -1.92. The van der Waals surface area contributed by atoms with Crippen molar-refractivity contribution in [2.45, 2.75) is 13.3 Å². The van der Waals surface area contributed by atoms with Crippen LogP contribution < -0.4 is 0 Å². The Morgan fingerprint density at radius 1 is 2.00 bits per heavy atom. The molecular weight excluding hydrogens is 96.1 g/mol. The molecule has 0 heterocycles. The molecule has 0 aromatic heterocycles. The lowest BCUT2D eigenvalue weighted by molar-refractivity contribution is 0.490. The van der Waals surface area contributed by atoms with Crippen LogP contribution in [-0.2, 0) is 4.18 Å². The first-order valence-corrected chi connectivity index (χ1v) is 2.17. The van der Waals surface area contributed by atoms with Crippen molar-refractivity contribution in [3.8, 4) is 0 Å². The molecule has 0 bridgehead atoms. The number of rotatable bonds is 2. The summed E-state index contributed by atoms with van der Waals surface area (Å²) in [6, 6.07) is 0. The fraction of sp³-hybridized carbons (Fsp3) is 0.500. The van der Waals surface area contributed by atoms with E-state index in [9.17, 15) is 0 Å². The fourth-order valence-electron chi connectivity index (χ4n) is 0.0645. The van der Waals surface area contributed by atoms with Gasteiger partial charge in [0, 0.05) is 19.3 Å². The third-order valence-corrected chi connectivity index (χ3v) is 0.782. The Balaban J connectivity index is 2.99. The highest BCUT2D eigenvalue weighted by Crippen LogP contribution is 1.98. The van der Waals surface area contributed by atoms with E-state index in [4.69, 9.17) is 0 Å².